The van der Waals surface area contributed by atoms with Crippen molar-refractivity contribution in [2.75, 3.05) is 0 Å². The zero-order valence-corrected chi connectivity index (χ0v) is 7.93. The molecule has 2 nitrogen and oxygen atoms in total. The molecule has 0 unspecified atom stereocenters. The van der Waals surface area contributed by atoms with E-state index in [4.69, 9.17) is 0 Å². The second kappa shape index (κ2) is 3.27. The van der Waals surface area contributed by atoms with Crippen molar-refractivity contribution in [3.8, 4) is 0 Å². The lowest BCUT2D eigenvalue weighted by atomic mass is 10.4. The number of hydrogen-bond acceptors (Lipinski definition) is 2. The summed E-state index contributed by atoms with van der Waals surface area (Å²) in [5, 5.41) is -0.361. The number of hydrogen-bond donors (Lipinski definition) is 0. The van der Waals surface area contributed by atoms with Crippen LogP contribution in [0.3, 0.4) is 0 Å². The van der Waals surface area contributed by atoms with Crippen LogP contribution in [0.25, 0.3) is 0 Å². The van der Waals surface area contributed by atoms with Gasteiger partial charge in [-0.1, -0.05) is 12.1 Å². The summed E-state index contributed by atoms with van der Waals surface area (Å²) in [6, 6.07) is 9.12. The Balaban J connectivity index is 3.17. The van der Waals surface area contributed by atoms with Crippen molar-refractivity contribution in [3.05, 3.63) is 30.3 Å². The second-order valence-electron chi connectivity index (χ2n) is 2.83. The van der Waals surface area contributed by atoms with Crippen molar-refractivity contribution >= 4 is 9.84 Å². The maximum absolute atomic E-state index is 11.5. The largest absolute Gasteiger partial charge is 0.223 e. The molecule has 0 spiro atoms. The highest BCUT2D eigenvalue weighted by atomic mass is 32.2. The van der Waals surface area contributed by atoms with E-state index >= 15 is 0 Å². The van der Waals surface area contributed by atoms with Crippen molar-refractivity contribution < 1.29 is 8.42 Å². The fourth-order valence-corrected chi connectivity index (χ4v) is 1.89. The molecule has 1 rings (SSSR count). The van der Waals surface area contributed by atoms with Crippen molar-refractivity contribution in [1.82, 2.24) is 0 Å². The molecule has 1 radical (unpaired) electrons. The molecule has 0 aliphatic heterocycles. The molecular weight excluding hydrogens is 172 g/mol. The first kappa shape index (κ1) is 9.26. The molecule has 0 N–H and O–H groups in total. The van der Waals surface area contributed by atoms with E-state index in [1.165, 1.54) is 0 Å². The maximum Gasteiger partial charge on any atom is 0.180 e. The Bertz CT molecular complexity index is 338. The van der Waals surface area contributed by atoms with Crippen LogP contribution in [0.2, 0.25) is 0 Å². The van der Waals surface area contributed by atoms with Gasteiger partial charge in [0.2, 0.25) is 0 Å². The van der Waals surface area contributed by atoms with Crippen molar-refractivity contribution in [3.63, 3.8) is 0 Å². The van der Waals surface area contributed by atoms with Gasteiger partial charge in [0.1, 0.15) is 0 Å². The van der Waals surface area contributed by atoms with Gasteiger partial charge in [0.25, 0.3) is 0 Å². The van der Waals surface area contributed by atoms with Gasteiger partial charge in [-0.05, 0) is 32.0 Å². The lowest BCUT2D eigenvalue weighted by Gasteiger charge is -2.06. The molecule has 1 aromatic rings. The molecule has 0 aliphatic rings. The molecular formula is C9H11O2S. The number of sulfone groups is 1. The summed E-state index contributed by atoms with van der Waals surface area (Å²) in [5.74, 6) is 0. The second-order valence-corrected chi connectivity index (χ2v) is 5.33. The monoisotopic (exact) mass is 183 g/mol. The Hall–Kier alpha value is -0.830. The zero-order valence-electron chi connectivity index (χ0n) is 7.11. The molecule has 0 saturated carbocycles. The van der Waals surface area contributed by atoms with E-state index in [1.807, 2.05) is 0 Å². The molecule has 0 bridgehead atoms. The van der Waals surface area contributed by atoms with Gasteiger partial charge < -0.3 is 0 Å². The van der Waals surface area contributed by atoms with Gasteiger partial charge in [-0.2, -0.15) is 0 Å². The Morgan fingerprint density at radius 2 is 1.75 bits per heavy atom. The third-order valence-corrected chi connectivity index (χ3v) is 3.81. The predicted molar refractivity (Wildman–Crippen MR) is 47.6 cm³/mol. The van der Waals surface area contributed by atoms with Crippen LogP contribution in [-0.4, -0.2) is 13.7 Å². The van der Waals surface area contributed by atoms with E-state index in [2.05, 4.69) is 6.07 Å². The van der Waals surface area contributed by atoms with Crippen LogP contribution in [0.15, 0.2) is 29.2 Å². The van der Waals surface area contributed by atoms with E-state index in [-0.39, 0.29) is 5.25 Å². The molecule has 0 saturated heterocycles. The summed E-state index contributed by atoms with van der Waals surface area (Å²) < 4.78 is 23.0. The standard InChI is InChI=1S/C9H11O2S/c1-8(2)12(10,11)9-6-4-3-5-7-9/h4-8H,1-2H3. The molecule has 3 heteroatoms. The molecule has 65 valence electrons. The summed E-state index contributed by atoms with van der Waals surface area (Å²) in [7, 11) is -3.10. The lowest BCUT2D eigenvalue weighted by Crippen LogP contribution is -2.13. The van der Waals surface area contributed by atoms with Gasteiger partial charge in [-0.15, -0.1) is 0 Å². The normalized spacial score (nSPS) is 11.9. The highest BCUT2D eigenvalue weighted by molar-refractivity contribution is 7.92. The van der Waals surface area contributed by atoms with E-state index in [9.17, 15) is 8.42 Å². The minimum absolute atomic E-state index is 0.361. The van der Waals surface area contributed by atoms with Gasteiger partial charge in [0.15, 0.2) is 9.84 Å². The van der Waals surface area contributed by atoms with Crippen LogP contribution >= 0.6 is 0 Å². The number of benzene rings is 1. The Labute approximate surface area is 73.2 Å². The molecule has 0 amide bonds. The summed E-state index contributed by atoms with van der Waals surface area (Å²) in [5.41, 5.74) is 0. The molecule has 0 fully saturated rings. The lowest BCUT2D eigenvalue weighted by molar-refractivity contribution is 0.587. The van der Waals surface area contributed by atoms with Crippen LogP contribution in [0.5, 0.6) is 0 Å². The Morgan fingerprint density at radius 3 is 2.17 bits per heavy atom. The first-order chi connectivity index (χ1) is 5.55. The van der Waals surface area contributed by atoms with Gasteiger partial charge >= 0.3 is 0 Å². The zero-order chi connectivity index (χ0) is 9.19. The summed E-state index contributed by atoms with van der Waals surface area (Å²) in [6.07, 6.45) is 0. The van der Waals surface area contributed by atoms with Crippen LogP contribution in [0.4, 0.5) is 0 Å². The molecule has 0 aromatic heterocycles. The van der Waals surface area contributed by atoms with Crippen molar-refractivity contribution in [2.45, 2.75) is 24.0 Å². The van der Waals surface area contributed by atoms with Crippen LogP contribution in [0, 0.1) is 6.07 Å². The average molecular weight is 183 g/mol. The quantitative estimate of drug-likeness (QED) is 0.699. The smallest absolute Gasteiger partial charge is 0.180 e. The number of rotatable bonds is 2. The average Bonchev–Trinajstić information content (AvgIpc) is 2.06. The van der Waals surface area contributed by atoms with Gasteiger partial charge in [-0.3, -0.25) is 0 Å². The fourth-order valence-electron chi connectivity index (χ4n) is 0.833. The van der Waals surface area contributed by atoms with E-state index in [0.29, 0.717) is 4.90 Å². The van der Waals surface area contributed by atoms with Crippen LogP contribution in [0.1, 0.15) is 13.8 Å². The molecule has 12 heavy (non-hydrogen) atoms. The molecule has 1 aromatic carbocycles. The van der Waals surface area contributed by atoms with Gasteiger partial charge in [-0.25, -0.2) is 8.42 Å². The highest BCUT2D eigenvalue weighted by Gasteiger charge is 2.17. The summed E-state index contributed by atoms with van der Waals surface area (Å²) in [6.45, 7) is 3.35. The first-order valence-electron chi connectivity index (χ1n) is 3.75. The van der Waals surface area contributed by atoms with Gasteiger partial charge in [0.05, 0.1) is 10.1 Å². The Kier molecular flexibility index (Phi) is 2.52. The SMILES string of the molecule is CC(C)S(=O)(=O)c1cc[c]cc1. The van der Waals surface area contributed by atoms with E-state index in [1.54, 1.807) is 38.1 Å². The minimum Gasteiger partial charge on any atom is -0.223 e. The third-order valence-electron chi connectivity index (χ3n) is 1.64. The predicted octanol–water partition coefficient (Wildman–Crippen LogP) is 1.67. The summed E-state index contributed by atoms with van der Waals surface area (Å²) in [4.78, 5) is 0.372. The van der Waals surface area contributed by atoms with Crippen molar-refractivity contribution in [2.24, 2.45) is 0 Å². The van der Waals surface area contributed by atoms with E-state index < -0.39 is 9.84 Å². The maximum atomic E-state index is 11.5. The topological polar surface area (TPSA) is 34.1 Å². The summed E-state index contributed by atoms with van der Waals surface area (Å²) >= 11 is 0. The van der Waals surface area contributed by atoms with Crippen molar-refractivity contribution in [1.29, 1.82) is 0 Å². The molecule has 0 aliphatic carbocycles. The highest BCUT2D eigenvalue weighted by Crippen LogP contribution is 2.14. The Morgan fingerprint density at radius 1 is 1.25 bits per heavy atom. The fraction of sp³-hybridized carbons (Fsp3) is 0.333. The van der Waals surface area contributed by atoms with E-state index in [0.717, 1.165) is 0 Å². The minimum atomic E-state index is -3.10. The van der Waals surface area contributed by atoms with Crippen LogP contribution in [-0.2, 0) is 9.84 Å². The first-order valence-corrected chi connectivity index (χ1v) is 5.30. The molecule has 0 heterocycles. The third kappa shape index (κ3) is 1.67. The van der Waals surface area contributed by atoms with Crippen LogP contribution < -0.4 is 0 Å². The molecule has 0 atom stereocenters. The van der Waals surface area contributed by atoms with Gasteiger partial charge in [0, 0.05) is 0 Å².